The summed E-state index contributed by atoms with van der Waals surface area (Å²) < 4.78 is 0. The van der Waals surface area contributed by atoms with Gasteiger partial charge in [0, 0.05) is 6.07 Å². The number of para-hydroxylation sites is 1. The Balaban J connectivity index is 2.32. The molecule has 0 radical (unpaired) electrons. The summed E-state index contributed by atoms with van der Waals surface area (Å²) >= 11 is 5.53. The van der Waals surface area contributed by atoms with Crippen LogP contribution in [0.25, 0.3) is 0 Å². The number of nitro benzene ring substituents is 1. The summed E-state index contributed by atoms with van der Waals surface area (Å²) in [6, 6.07) is 6.32. The molecule has 0 aliphatic carbocycles. The molecule has 8 nitrogen and oxygen atoms in total. The monoisotopic (exact) mass is 294 g/mol. The van der Waals surface area contributed by atoms with Crippen molar-refractivity contribution in [2.24, 2.45) is 0 Å². The molecule has 0 unspecified atom stereocenters. The van der Waals surface area contributed by atoms with Crippen LogP contribution in [-0.2, 0) is 0 Å². The summed E-state index contributed by atoms with van der Waals surface area (Å²) in [4.78, 5) is 22.0. The molecule has 0 aliphatic heterocycles. The highest BCUT2D eigenvalue weighted by atomic mass is 35.5. The van der Waals surface area contributed by atoms with Gasteiger partial charge < -0.3 is 10.4 Å². The van der Waals surface area contributed by atoms with Crippen molar-refractivity contribution < 1.29 is 14.8 Å². The van der Waals surface area contributed by atoms with E-state index in [9.17, 15) is 20.0 Å². The number of carbonyl (C=O) groups excluding carboxylic acids is 1. The van der Waals surface area contributed by atoms with Crippen molar-refractivity contribution in [1.82, 2.24) is 10.2 Å². The van der Waals surface area contributed by atoms with E-state index in [0.717, 1.165) is 6.07 Å². The van der Waals surface area contributed by atoms with Gasteiger partial charge in [-0.3, -0.25) is 14.9 Å². The van der Waals surface area contributed by atoms with Crippen molar-refractivity contribution in [2.45, 2.75) is 0 Å². The largest absolute Gasteiger partial charge is 0.505 e. The number of carbonyl (C=O) groups is 1. The molecule has 0 saturated heterocycles. The highest BCUT2D eigenvalue weighted by molar-refractivity contribution is 6.29. The number of halogens is 1. The summed E-state index contributed by atoms with van der Waals surface area (Å²) in [5, 5.41) is 29.8. The van der Waals surface area contributed by atoms with Crippen LogP contribution in [0.5, 0.6) is 5.75 Å². The molecule has 2 N–H and O–H groups in total. The number of hydrogen-bond donors (Lipinski definition) is 2. The van der Waals surface area contributed by atoms with Gasteiger partial charge >= 0.3 is 0 Å². The summed E-state index contributed by atoms with van der Waals surface area (Å²) in [5.41, 5.74) is -0.827. The second-order valence-electron chi connectivity index (χ2n) is 3.62. The summed E-state index contributed by atoms with van der Waals surface area (Å²) in [7, 11) is 0. The van der Waals surface area contributed by atoms with Crippen LogP contribution < -0.4 is 5.32 Å². The minimum absolute atomic E-state index is 0.0908. The number of phenols is 1. The molecule has 2 rings (SSSR count). The van der Waals surface area contributed by atoms with E-state index in [1.165, 1.54) is 24.3 Å². The van der Waals surface area contributed by atoms with Gasteiger partial charge in [-0.25, -0.2) is 0 Å². The maximum Gasteiger partial charge on any atom is 0.296 e. The Morgan fingerprint density at radius 2 is 2.05 bits per heavy atom. The molecule has 20 heavy (non-hydrogen) atoms. The SMILES string of the molecule is O=C(Nc1c(O)cccc1[N+](=O)[O-])c1ccc(Cl)nn1. The van der Waals surface area contributed by atoms with Crippen LogP contribution in [0.4, 0.5) is 11.4 Å². The van der Waals surface area contributed by atoms with E-state index in [1.54, 1.807) is 0 Å². The first-order valence-corrected chi connectivity index (χ1v) is 5.64. The van der Waals surface area contributed by atoms with Crippen LogP contribution in [0.1, 0.15) is 10.5 Å². The Kier molecular flexibility index (Phi) is 3.76. The molecule has 0 fully saturated rings. The molecule has 102 valence electrons. The molecule has 0 aliphatic rings. The van der Waals surface area contributed by atoms with Gasteiger partial charge in [0.1, 0.15) is 5.75 Å². The van der Waals surface area contributed by atoms with Crippen LogP contribution >= 0.6 is 11.6 Å². The van der Waals surface area contributed by atoms with Crippen LogP contribution in [0, 0.1) is 10.1 Å². The fourth-order valence-corrected chi connectivity index (χ4v) is 1.52. The minimum Gasteiger partial charge on any atom is -0.505 e. The highest BCUT2D eigenvalue weighted by Gasteiger charge is 2.20. The number of aromatic nitrogens is 2. The molecule has 0 atom stereocenters. The fraction of sp³-hybridized carbons (Fsp3) is 0. The number of rotatable bonds is 3. The standard InChI is InChI=1S/C11H7ClN4O4/c12-9-5-4-6(14-15-9)11(18)13-10-7(16(19)20)2-1-3-8(10)17/h1-5,17H,(H,13,18). The number of nitrogens with one attached hydrogen (secondary N) is 1. The summed E-state index contributed by atoms with van der Waals surface area (Å²) in [6.45, 7) is 0. The molecule has 1 aromatic carbocycles. The van der Waals surface area contributed by atoms with Crippen molar-refractivity contribution in [3.63, 3.8) is 0 Å². The maximum atomic E-state index is 11.9. The number of nitrogens with zero attached hydrogens (tertiary/aromatic N) is 3. The smallest absolute Gasteiger partial charge is 0.296 e. The van der Waals surface area contributed by atoms with Crippen molar-refractivity contribution in [1.29, 1.82) is 0 Å². The van der Waals surface area contributed by atoms with Gasteiger partial charge in [-0.2, -0.15) is 0 Å². The number of nitro groups is 1. The lowest BCUT2D eigenvalue weighted by Crippen LogP contribution is -2.15. The summed E-state index contributed by atoms with van der Waals surface area (Å²) in [6.07, 6.45) is 0. The Bertz CT molecular complexity index is 675. The van der Waals surface area contributed by atoms with E-state index in [4.69, 9.17) is 11.6 Å². The molecule has 0 saturated carbocycles. The molecular weight excluding hydrogens is 288 g/mol. The van der Waals surface area contributed by atoms with Crippen molar-refractivity contribution in [3.05, 3.63) is 51.3 Å². The van der Waals surface area contributed by atoms with Gasteiger partial charge in [-0.05, 0) is 18.2 Å². The normalized spacial score (nSPS) is 10.1. The van der Waals surface area contributed by atoms with Crippen molar-refractivity contribution in [3.8, 4) is 5.75 Å². The minimum atomic E-state index is -0.751. The van der Waals surface area contributed by atoms with E-state index in [1.807, 2.05) is 0 Å². The average molecular weight is 295 g/mol. The van der Waals surface area contributed by atoms with Crippen LogP contribution in [0.2, 0.25) is 5.15 Å². The first-order chi connectivity index (χ1) is 9.49. The van der Waals surface area contributed by atoms with Gasteiger partial charge in [0.15, 0.2) is 16.5 Å². The lowest BCUT2D eigenvalue weighted by molar-refractivity contribution is -0.384. The van der Waals surface area contributed by atoms with E-state index in [-0.39, 0.29) is 16.5 Å². The Labute approximate surface area is 117 Å². The van der Waals surface area contributed by atoms with Crippen LogP contribution in [0.15, 0.2) is 30.3 Å². The third-order valence-electron chi connectivity index (χ3n) is 2.32. The molecule has 9 heteroatoms. The van der Waals surface area contributed by atoms with E-state index >= 15 is 0 Å². The third-order valence-corrected chi connectivity index (χ3v) is 2.52. The maximum absolute atomic E-state index is 11.9. The zero-order valence-electron chi connectivity index (χ0n) is 9.78. The molecule has 0 spiro atoms. The second-order valence-corrected chi connectivity index (χ2v) is 4.01. The number of phenolic OH excluding ortho intramolecular Hbond substituents is 1. The van der Waals surface area contributed by atoms with Crippen molar-refractivity contribution >= 4 is 28.9 Å². The zero-order valence-corrected chi connectivity index (χ0v) is 10.5. The number of anilines is 1. The van der Waals surface area contributed by atoms with Crippen LogP contribution in [-0.4, -0.2) is 26.1 Å². The van der Waals surface area contributed by atoms with Gasteiger partial charge in [0.2, 0.25) is 0 Å². The van der Waals surface area contributed by atoms with Crippen LogP contribution in [0.3, 0.4) is 0 Å². The highest BCUT2D eigenvalue weighted by Crippen LogP contribution is 2.33. The van der Waals surface area contributed by atoms with Gasteiger partial charge in [0.05, 0.1) is 4.92 Å². The topological polar surface area (TPSA) is 118 Å². The van der Waals surface area contributed by atoms with Gasteiger partial charge in [0.25, 0.3) is 11.6 Å². The first-order valence-electron chi connectivity index (χ1n) is 5.26. The summed E-state index contributed by atoms with van der Waals surface area (Å²) in [5.74, 6) is -1.17. The van der Waals surface area contributed by atoms with Crippen molar-refractivity contribution in [2.75, 3.05) is 5.32 Å². The third kappa shape index (κ3) is 2.81. The molecule has 1 heterocycles. The predicted molar refractivity (Wildman–Crippen MR) is 69.8 cm³/mol. The molecular formula is C11H7ClN4O4. The first kappa shape index (κ1) is 13.7. The number of benzene rings is 1. The predicted octanol–water partition coefficient (Wildman–Crippen LogP) is 2.00. The molecule has 1 aromatic heterocycles. The second kappa shape index (κ2) is 5.49. The molecule has 2 aromatic rings. The number of hydrogen-bond acceptors (Lipinski definition) is 6. The average Bonchev–Trinajstić information content (AvgIpc) is 2.41. The lowest BCUT2D eigenvalue weighted by Gasteiger charge is -2.06. The zero-order chi connectivity index (χ0) is 14.7. The number of amides is 1. The van der Waals surface area contributed by atoms with E-state index < -0.39 is 22.3 Å². The fourth-order valence-electron chi connectivity index (χ4n) is 1.42. The van der Waals surface area contributed by atoms with E-state index in [2.05, 4.69) is 15.5 Å². The Morgan fingerprint density at radius 1 is 1.30 bits per heavy atom. The number of aromatic hydroxyl groups is 1. The van der Waals surface area contributed by atoms with E-state index in [0.29, 0.717) is 0 Å². The quantitative estimate of drug-likeness (QED) is 0.507. The Morgan fingerprint density at radius 3 is 2.65 bits per heavy atom. The van der Waals surface area contributed by atoms with Gasteiger partial charge in [-0.1, -0.05) is 17.7 Å². The van der Waals surface area contributed by atoms with Gasteiger partial charge in [-0.15, -0.1) is 10.2 Å². The molecule has 1 amide bonds. The lowest BCUT2D eigenvalue weighted by atomic mass is 10.2. The Hall–Kier alpha value is -2.74. The molecule has 0 bridgehead atoms.